The van der Waals surface area contributed by atoms with Gasteiger partial charge in [-0.1, -0.05) is 12.1 Å². The molecule has 0 saturated carbocycles. The summed E-state index contributed by atoms with van der Waals surface area (Å²) in [5.74, 6) is 0.934. The summed E-state index contributed by atoms with van der Waals surface area (Å²) in [5.41, 5.74) is 10.6. The first kappa shape index (κ1) is 23.4. The lowest BCUT2D eigenvalue weighted by Crippen LogP contribution is -2.52. The maximum atomic E-state index is 13.1. The zero-order valence-electron chi connectivity index (χ0n) is 19.6. The average molecular weight is 493 g/mol. The third kappa shape index (κ3) is 4.89. The zero-order valence-corrected chi connectivity index (χ0v) is 20.4. The van der Waals surface area contributed by atoms with Gasteiger partial charge in [0.2, 0.25) is 0 Å². The Balaban J connectivity index is 1.30. The highest BCUT2D eigenvalue weighted by Gasteiger charge is 2.34. The molecular weight excluding hydrogens is 464 g/mol. The topological polar surface area (TPSA) is 122 Å². The molecule has 1 amide bonds. The van der Waals surface area contributed by atoms with Crippen LogP contribution in [-0.2, 0) is 9.84 Å². The van der Waals surface area contributed by atoms with Crippen LogP contribution in [0.3, 0.4) is 0 Å². The summed E-state index contributed by atoms with van der Waals surface area (Å²) < 4.78 is 23.6. The second-order valence-electron chi connectivity index (χ2n) is 9.12. The summed E-state index contributed by atoms with van der Waals surface area (Å²) in [4.78, 5) is 30.2. The number of carbonyl (C=O) groups excluding carboxylic acids is 1. The number of nitrogens with two attached hydrogens (primary N) is 1. The van der Waals surface area contributed by atoms with Gasteiger partial charge in [0, 0.05) is 66.4 Å². The maximum absolute atomic E-state index is 13.1. The average Bonchev–Trinajstić information content (AvgIpc) is 3.24. The Hall–Kier alpha value is -3.37. The lowest BCUT2D eigenvalue weighted by molar-refractivity contribution is 0.0588. The molecule has 0 radical (unpaired) electrons. The fourth-order valence-electron chi connectivity index (χ4n) is 4.90. The summed E-state index contributed by atoms with van der Waals surface area (Å²) in [6.45, 7) is 4.51. The predicted molar refractivity (Wildman–Crippen MR) is 134 cm³/mol. The number of nitrogens with zero attached hydrogens (tertiary/aromatic N) is 5. The molecule has 5 rings (SSSR count). The van der Waals surface area contributed by atoms with Crippen LogP contribution in [-0.4, -0.2) is 82.8 Å². The van der Waals surface area contributed by atoms with Crippen LogP contribution in [0.4, 0.5) is 5.82 Å². The Morgan fingerprint density at radius 1 is 0.971 bits per heavy atom. The van der Waals surface area contributed by atoms with Crippen molar-refractivity contribution in [3.63, 3.8) is 0 Å². The number of aryl methyl sites for hydroxylation is 1. The zero-order chi connectivity index (χ0) is 24.6. The molecule has 2 aromatic heterocycles. The first-order valence-electron chi connectivity index (χ1n) is 11.7. The number of hydrogen-bond acceptors (Lipinski definition) is 8. The van der Waals surface area contributed by atoms with E-state index in [4.69, 9.17) is 5.73 Å². The van der Waals surface area contributed by atoms with E-state index in [0.29, 0.717) is 44.0 Å². The van der Waals surface area contributed by atoms with E-state index in [9.17, 15) is 13.2 Å². The van der Waals surface area contributed by atoms with Gasteiger partial charge < -0.3 is 10.6 Å². The van der Waals surface area contributed by atoms with Gasteiger partial charge in [-0.3, -0.25) is 9.69 Å². The lowest BCUT2D eigenvalue weighted by atomic mass is 9.98. The molecule has 10 heteroatoms. The highest BCUT2D eigenvalue weighted by atomic mass is 32.2. The highest BCUT2D eigenvalue weighted by Crippen LogP contribution is 2.32. The molecule has 2 N–H and O–H groups in total. The lowest BCUT2D eigenvalue weighted by Gasteiger charge is -2.37. The monoisotopic (exact) mass is 492 g/mol. The SMILES string of the molecule is Cc1ncnc(-c2ccc(C(=O)N3CCN(C4CCS(=O)(=O)C4)CC3)cc2)c1-c1ccc(N)nc1. The first-order chi connectivity index (χ1) is 16.8. The third-order valence-corrected chi connectivity index (χ3v) is 8.59. The van der Waals surface area contributed by atoms with Gasteiger partial charge in [0.25, 0.3) is 5.91 Å². The highest BCUT2D eigenvalue weighted by molar-refractivity contribution is 7.91. The van der Waals surface area contributed by atoms with Crippen LogP contribution in [0.15, 0.2) is 48.9 Å². The number of rotatable bonds is 4. The fraction of sp³-hybridized carbons (Fsp3) is 0.360. The number of carbonyl (C=O) groups is 1. The quantitative estimate of drug-likeness (QED) is 0.587. The Bertz CT molecular complexity index is 1330. The van der Waals surface area contributed by atoms with Gasteiger partial charge >= 0.3 is 0 Å². The number of piperazine rings is 1. The molecule has 35 heavy (non-hydrogen) atoms. The number of pyridine rings is 1. The van der Waals surface area contributed by atoms with Crippen molar-refractivity contribution in [3.8, 4) is 22.4 Å². The summed E-state index contributed by atoms with van der Waals surface area (Å²) >= 11 is 0. The smallest absolute Gasteiger partial charge is 0.253 e. The molecule has 9 nitrogen and oxygen atoms in total. The van der Waals surface area contributed by atoms with Crippen LogP contribution in [0.2, 0.25) is 0 Å². The molecule has 0 spiro atoms. The minimum Gasteiger partial charge on any atom is -0.384 e. The number of amides is 1. The Kier molecular flexibility index (Phi) is 6.24. The minimum atomic E-state index is -2.91. The molecular formula is C25H28N6O3S. The fourth-order valence-corrected chi connectivity index (χ4v) is 6.66. The van der Waals surface area contributed by atoms with E-state index >= 15 is 0 Å². The maximum Gasteiger partial charge on any atom is 0.253 e. The van der Waals surface area contributed by atoms with Crippen LogP contribution < -0.4 is 5.73 Å². The van der Waals surface area contributed by atoms with Gasteiger partial charge in [0.1, 0.15) is 12.1 Å². The first-order valence-corrected chi connectivity index (χ1v) is 13.5. The number of benzene rings is 1. The summed E-state index contributed by atoms with van der Waals surface area (Å²) in [7, 11) is -2.91. The number of nitrogen functional groups attached to an aromatic ring is 1. The van der Waals surface area contributed by atoms with Crippen molar-refractivity contribution in [2.75, 3.05) is 43.4 Å². The number of hydrogen-bond donors (Lipinski definition) is 1. The van der Waals surface area contributed by atoms with E-state index in [1.54, 1.807) is 12.3 Å². The Labute approximate surface area is 204 Å². The second kappa shape index (κ2) is 9.35. The van der Waals surface area contributed by atoms with Crippen molar-refractivity contribution < 1.29 is 13.2 Å². The van der Waals surface area contributed by atoms with Crippen LogP contribution in [0.1, 0.15) is 22.5 Å². The van der Waals surface area contributed by atoms with Crippen LogP contribution >= 0.6 is 0 Å². The van der Waals surface area contributed by atoms with Crippen molar-refractivity contribution in [1.29, 1.82) is 0 Å². The van der Waals surface area contributed by atoms with Crippen molar-refractivity contribution in [2.45, 2.75) is 19.4 Å². The molecule has 1 unspecified atom stereocenters. The third-order valence-electron chi connectivity index (χ3n) is 6.84. The van der Waals surface area contributed by atoms with Gasteiger partial charge in [-0.15, -0.1) is 0 Å². The number of sulfone groups is 1. The molecule has 2 aliphatic heterocycles. The van der Waals surface area contributed by atoms with E-state index in [-0.39, 0.29) is 23.5 Å². The van der Waals surface area contributed by atoms with E-state index in [1.165, 1.54) is 6.33 Å². The molecule has 0 bridgehead atoms. The molecule has 1 aromatic carbocycles. The molecule has 2 saturated heterocycles. The van der Waals surface area contributed by atoms with Crippen molar-refractivity contribution in [3.05, 3.63) is 60.2 Å². The molecule has 2 aliphatic rings. The largest absolute Gasteiger partial charge is 0.384 e. The van der Waals surface area contributed by atoms with E-state index in [2.05, 4.69) is 19.9 Å². The second-order valence-corrected chi connectivity index (χ2v) is 11.3. The normalized spacial score (nSPS) is 20.1. The van der Waals surface area contributed by atoms with Crippen LogP contribution in [0.5, 0.6) is 0 Å². The van der Waals surface area contributed by atoms with Gasteiger partial charge in [-0.2, -0.15) is 0 Å². The standard InChI is InChI=1S/C25H28N6O3S/c1-17-23(20-6-7-22(26)27-14-20)24(29-16-28-17)18-2-4-19(5-3-18)25(32)31-11-9-30(10-12-31)21-8-13-35(33,34)15-21/h2-7,14,16,21H,8-13,15H2,1H3,(H2,26,27). The molecule has 1 atom stereocenters. The van der Waals surface area contributed by atoms with E-state index in [0.717, 1.165) is 28.1 Å². The molecule has 3 aromatic rings. The van der Waals surface area contributed by atoms with Gasteiger partial charge in [-0.25, -0.2) is 23.4 Å². The summed E-state index contributed by atoms with van der Waals surface area (Å²) in [6.07, 6.45) is 3.94. The van der Waals surface area contributed by atoms with Crippen molar-refractivity contribution >= 4 is 21.6 Å². The summed E-state index contributed by atoms with van der Waals surface area (Å²) in [6, 6.07) is 11.2. The molecule has 4 heterocycles. The van der Waals surface area contributed by atoms with Crippen molar-refractivity contribution in [2.24, 2.45) is 0 Å². The van der Waals surface area contributed by atoms with Gasteiger partial charge in [0.05, 0.1) is 17.2 Å². The number of aromatic nitrogens is 3. The Morgan fingerprint density at radius 2 is 1.69 bits per heavy atom. The van der Waals surface area contributed by atoms with E-state index < -0.39 is 9.84 Å². The van der Waals surface area contributed by atoms with Gasteiger partial charge in [0.15, 0.2) is 9.84 Å². The van der Waals surface area contributed by atoms with E-state index in [1.807, 2.05) is 42.2 Å². The molecule has 182 valence electrons. The number of anilines is 1. The minimum absolute atomic E-state index is 0.0166. The molecule has 0 aliphatic carbocycles. The molecule has 2 fully saturated rings. The van der Waals surface area contributed by atoms with Crippen LogP contribution in [0, 0.1) is 6.92 Å². The Morgan fingerprint density at radius 3 is 2.31 bits per heavy atom. The summed E-state index contributed by atoms with van der Waals surface area (Å²) in [5, 5.41) is 0. The van der Waals surface area contributed by atoms with Crippen LogP contribution in [0.25, 0.3) is 22.4 Å². The van der Waals surface area contributed by atoms with Crippen molar-refractivity contribution in [1.82, 2.24) is 24.8 Å². The predicted octanol–water partition coefficient (Wildman–Crippen LogP) is 2.04. The van der Waals surface area contributed by atoms with Gasteiger partial charge in [-0.05, 0) is 37.6 Å².